The third-order valence-electron chi connectivity index (χ3n) is 6.97. The number of nitrogens with two attached hydrogens (primary N) is 2. The van der Waals surface area contributed by atoms with Crippen molar-refractivity contribution in [3.63, 3.8) is 0 Å². The highest BCUT2D eigenvalue weighted by Crippen LogP contribution is 2.60. The molecule has 4 N–H and O–H groups in total. The molecule has 0 saturated heterocycles. The summed E-state index contributed by atoms with van der Waals surface area (Å²) in [7, 11) is 0. The Morgan fingerprint density at radius 2 is 0.677 bits per heavy atom. The molecule has 2 aromatic carbocycles. The van der Waals surface area contributed by atoms with Gasteiger partial charge in [0.2, 0.25) is 5.41 Å². The summed E-state index contributed by atoms with van der Waals surface area (Å²) in [6, 6.07) is 0. The van der Waals surface area contributed by atoms with Crippen LogP contribution >= 0.6 is 0 Å². The van der Waals surface area contributed by atoms with Crippen LogP contribution in [0.25, 0.3) is 0 Å². The molecule has 0 aliphatic carbocycles. The number of benzene rings is 2. The fourth-order valence-corrected chi connectivity index (χ4v) is 4.71. The highest BCUT2D eigenvalue weighted by molar-refractivity contribution is 5.71. The number of halogens is 6. The Kier molecular flexibility index (Phi) is 5.90. The van der Waals surface area contributed by atoms with Gasteiger partial charge < -0.3 is 11.5 Å². The van der Waals surface area contributed by atoms with Crippen molar-refractivity contribution in [3.8, 4) is 0 Å². The molecule has 172 valence electrons. The molecule has 0 atom stereocenters. The highest BCUT2D eigenvalue weighted by Gasteiger charge is 2.74. The second-order valence-electron chi connectivity index (χ2n) is 8.32. The smallest absolute Gasteiger partial charge is 0.398 e. The fraction of sp³-hybridized carbons (Fsp3) is 0.478. The van der Waals surface area contributed by atoms with E-state index in [0.717, 1.165) is 0 Å². The van der Waals surface area contributed by atoms with Crippen LogP contribution in [-0.4, -0.2) is 12.4 Å². The third-order valence-corrected chi connectivity index (χ3v) is 6.97. The molecule has 8 heteroatoms. The van der Waals surface area contributed by atoms with Crippen LogP contribution in [0.3, 0.4) is 0 Å². The first-order valence-electron chi connectivity index (χ1n) is 9.71. The normalized spacial score (nSPS) is 13.1. The molecule has 2 aromatic rings. The van der Waals surface area contributed by atoms with Gasteiger partial charge in [0.25, 0.3) is 0 Å². The fourth-order valence-electron chi connectivity index (χ4n) is 4.71. The molecule has 0 radical (unpaired) electrons. The van der Waals surface area contributed by atoms with E-state index in [1.807, 2.05) is 0 Å². The number of rotatable bonds is 2. The largest absolute Gasteiger partial charge is 0.411 e. The quantitative estimate of drug-likeness (QED) is 0.397. The van der Waals surface area contributed by atoms with Crippen molar-refractivity contribution >= 4 is 11.4 Å². The molecule has 0 aromatic heterocycles. The lowest BCUT2D eigenvalue weighted by Crippen LogP contribution is -2.56. The maximum Gasteiger partial charge on any atom is 0.411 e. The molecule has 2 rings (SSSR count). The van der Waals surface area contributed by atoms with E-state index in [-0.39, 0.29) is 33.6 Å². The molecule has 0 heterocycles. The van der Waals surface area contributed by atoms with Gasteiger partial charge in [-0.15, -0.1) is 0 Å². The molecule has 0 aliphatic rings. The van der Waals surface area contributed by atoms with Gasteiger partial charge in [-0.05, 0) is 111 Å². The van der Waals surface area contributed by atoms with Gasteiger partial charge in [0.1, 0.15) is 0 Å². The summed E-state index contributed by atoms with van der Waals surface area (Å²) >= 11 is 0. The van der Waals surface area contributed by atoms with E-state index in [1.165, 1.54) is 41.5 Å². The standard InChI is InChI=1S/C23H28F6N2/c1-9-11(3)17(15(7)19(30)13(9)5)21(22(24,25)26,23(27,28)29)18-12(4)10(2)14(6)20(31)16(18)8/h30-31H2,1-8H3. The maximum atomic E-state index is 14.9. The predicted octanol–water partition coefficient (Wildman–Crippen LogP) is 6.73. The lowest BCUT2D eigenvalue weighted by molar-refractivity contribution is -0.289. The van der Waals surface area contributed by atoms with Gasteiger partial charge in [-0.3, -0.25) is 0 Å². The number of hydrogen-bond donors (Lipinski definition) is 2. The Morgan fingerprint density at radius 3 is 0.903 bits per heavy atom. The Balaban J connectivity index is 3.41. The number of hydrogen-bond acceptors (Lipinski definition) is 2. The van der Waals surface area contributed by atoms with Crippen LogP contribution in [0.4, 0.5) is 37.7 Å². The average molecular weight is 446 g/mol. The zero-order chi connectivity index (χ0) is 24.4. The molecule has 0 saturated carbocycles. The van der Waals surface area contributed by atoms with E-state index in [4.69, 9.17) is 11.5 Å². The van der Waals surface area contributed by atoms with Crippen molar-refractivity contribution in [3.05, 3.63) is 55.6 Å². The molecule has 0 unspecified atom stereocenters. The van der Waals surface area contributed by atoms with Crippen molar-refractivity contribution < 1.29 is 26.3 Å². The van der Waals surface area contributed by atoms with Crippen LogP contribution in [0.15, 0.2) is 0 Å². The summed E-state index contributed by atoms with van der Waals surface area (Å²) in [5.41, 5.74) is 6.71. The molecule has 0 bridgehead atoms. The van der Waals surface area contributed by atoms with Crippen molar-refractivity contribution in [2.75, 3.05) is 11.5 Å². The topological polar surface area (TPSA) is 52.0 Å². The van der Waals surface area contributed by atoms with Crippen LogP contribution in [-0.2, 0) is 5.41 Å². The van der Waals surface area contributed by atoms with E-state index in [0.29, 0.717) is 22.3 Å². The first-order valence-corrected chi connectivity index (χ1v) is 9.71. The van der Waals surface area contributed by atoms with Crippen LogP contribution < -0.4 is 11.5 Å². The summed E-state index contributed by atoms with van der Waals surface area (Å²) in [5, 5.41) is 0. The summed E-state index contributed by atoms with van der Waals surface area (Å²) < 4.78 is 89.3. The average Bonchev–Trinajstić information content (AvgIpc) is 2.64. The Labute approximate surface area is 178 Å². The van der Waals surface area contributed by atoms with Crippen LogP contribution in [0.2, 0.25) is 0 Å². The van der Waals surface area contributed by atoms with Gasteiger partial charge >= 0.3 is 12.4 Å². The van der Waals surface area contributed by atoms with Gasteiger partial charge in [0, 0.05) is 11.4 Å². The van der Waals surface area contributed by atoms with Crippen LogP contribution in [0, 0.1) is 55.4 Å². The van der Waals surface area contributed by atoms with Crippen molar-refractivity contribution in [1.82, 2.24) is 0 Å². The summed E-state index contributed by atoms with van der Waals surface area (Å²) in [5.74, 6) is 0. The number of nitrogen functional groups attached to an aromatic ring is 2. The first kappa shape index (κ1) is 24.9. The summed E-state index contributed by atoms with van der Waals surface area (Å²) in [6.45, 7) is 11.1. The maximum absolute atomic E-state index is 14.9. The van der Waals surface area contributed by atoms with Crippen LogP contribution in [0.1, 0.15) is 55.6 Å². The molecule has 0 amide bonds. The minimum absolute atomic E-state index is 0.0805. The van der Waals surface area contributed by atoms with Gasteiger partial charge in [-0.2, -0.15) is 26.3 Å². The van der Waals surface area contributed by atoms with Gasteiger partial charge in [-0.1, -0.05) is 0 Å². The second-order valence-corrected chi connectivity index (χ2v) is 8.32. The van der Waals surface area contributed by atoms with E-state index in [9.17, 15) is 26.3 Å². The van der Waals surface area contributed by atoms with E-state index < -0.39 is 28.9 Å². The zero-order valence-electron chi connectivity index (χ0n) is 18.9. The third kappa shape index (κ3) is 3.17. The second kappa shape index (κ2) is 7.35. The zero-order valence-corrected chi connectivity index (χ0v) is 18.9. The highest BCUT2D eigenvalue weighted by atomic mass is 19.4. The van der Waals surface area contributed by atoms with E-state index in [2.05, 4.69) is 0 Å². The molecule has 0 aliphatic heterocycles. The van der Waals surface area contributed by atoms with E-state index in [1.54, 1.807) is 13.8 Å². The predicted molar refractivity (Wildman–Crippen MR) is 112 cm³/mol. The van der Waals surface area contributed by atoms with Crippen molar-refractivity contribution in [1.29, 1.82) is 0 Å². The SMILES string of the molecule is Cc1c(C)c(N)c(C)c(C(c2c(C)c(C)c(C)c(N)c2C)(C(F)(F)F)C(F)(F)F)c1C. The Morgan fingerprint density at radius 1 is 0.419 bits per heavy atom. The Bertz CT molecular complexity index is 918. The molecule has 31 heavy (non-hydrogen) atoms. The van der Waals surface area contributed by atoms with Gasteiger partial charge in [0.15, 0.2) is 0 Å². The molecular formula is C23H28F6N2. The monoisotopic (exact) mass is 446 g/mol. The van der Waals surface area contributed by atoms with Crippen molar-refractivity contribution in [2.45, 2.75) is 73.2 Å². The van der Waals surface area contributed by atoms with Gasteiger partial charge in [0.05, 0.1) is 0 Å². The molecule has 0 spiro atoms. The Hall–Kier alpha value is -2.38. The number of anilines is 2. The summed E-state index contributed by atoms with van der Waals surface area (Å²) in [6.07, 6.45) is -11.4. The number of alkyl halides is 6. The molecular weight excluding hydrogens is 418 g/mol. The summed E-state index contributed by atoms with van der Waals surface area (Å²) in [4.78, 5) is 0. The molecule has 0 fully saturated rings. The first-order chi connectivity index (χ1) is 13.9. The minimum Gasteiger partial charge on any atom is -0.398 e. The molecule has 2 nitrogen and oxygen atoms in total. The lowest BCUT2D eigenvalue weighted by atomic mass is 9.65. The van der Waals surface area contributed by atoms with Gasteiger partial charge in [-0.25, -0.2) is 0 Å². The minimum atomic E-state index is -5.71. The lowest BCUT2D eigenvalue weighted by Gasteiger charge is -2.43. The van der Waals surface area contributed by atoms with Crippen LogP contribution in [0.5, 0.6) is 0 Å². The van der Waals surface area contributed by atoms with Crippen molar-refractivity contribution in [2.24, 2.45) is 0 Å². The van der Waals surface area contributed by atoms with E-state index >= 15 is 0 Å².